The second-order valence-corrected chi connectivity index (χ2v) is 5.42. The molecule has 1 aliphatic carbocycles. The summed E-state index contributed by atoms with van der Waals surface area (Å²) in [7, 11) is 0. The first-order valence-electron chi connectivity index (χ1n) is 7.00. The van der Waals surface area contributed by atoms with Crippen molar-refractivity contribution in [3.8, 4) is 0 Å². The van der Waals surface area contributed by atoms with E-state index in [0.717, 1.165) is 11.6 Å². The molecule has 100 valence electrons. The van der Waals surface area contributed by atoms with Gasteiger partial charge in [-0.2, -0.15) is 0 Å². The van der Waals surface area contributed by atoms with Crippen molar-refractivity contribution in [1.82, 2.24) is 0 Å². The average Bonchev–Trinajstić information content (AvgIpc) is 2.31. The molecule has 0 atom stereocenters. The summed E-state index contributed by atoms with van der Waals surface area (Å²) in [6, 6.07) is 5.15. The Morgan fingerprint density at radius 1 is 1.22 bits per heavy atom. The number of hydrogen-bond donors (Lipinski definition) is 2. The molecule has 1 aromatic carbocycles. The Morgan fingerprint density at radius 3 is 2.56 bits per heavy atom. The highest BCUT2D eigenvalue weighted by Gasteiger charge is 2.20. The van der Waals surface area contributed by atoms with Crippen LogP contribution in [0.4, 0.5) is 15.8 Å². The number of anilines is 2. The van der Waals surface area contributed by atoms with Crippen molar-refractivity contribution in [3.63, 3.8) is 0 Å². The first-order valence-corrected chi connectivity index (χ1v) is 7.00. The van der Waals surface area contributed by atoms with Gasteiger partial charge in [-0.15, -0.1) is 0 Å². The average molecular weight is 250 g/mol. The minimum absolute atomic E-state index is 0.267. The first kappa shape index (κ1) is 13.2. The van der Waals surface area contributed by atoms with Gasteiger partial charge in [-0.05, 0) is 49.8 Å². The van der Waals surface area contributed by atoms with Crippen molar-refractivity contribution >= 4 is 11.4 Å². The highest BCUT2D eigenvalue weighted by molar-refractivity contribution is 5.55. The van der Waals surface area contributed by atoms with Crippen LogP contribution in [0.3, 0.4) is 0 Å². The van der Waals surface area contributed by atoms with E-state index in [4.69, 9.17) is 5.73 Å². The fourth-order valence-corrected chi connectivity index (χ4v) is 2.94. The van der Waals surface area contributed by atoms with Gasteiger partial charge in [-0.25, -0.2) is 4.39 Å². The number of rotatable bonds is 4. The van der Waals surface area contributed by atoms with Gasteiger partial charge in [-0.1, -0.05) is 19.8 Å². The molecular formula is C15H23FN2. The molecule has 0 aromatic heterocycles. The van der Waals surface area contributed by atoms with Crippen LogP contribution in [0.5, 0.6) is 0 Å². The SMILES string of the molecule is CCCC1CCC(Nc2cc(N)cc(F)c2)CC1. The zero-order valence-electron chi connectivity index (χ0n) is 11.1. The highest BCUT2D eigenvalue weighted by Crippen LogP contribution is 2.29. The van der Waals surface area contributed by atoms with Crippen LogP contribution >= 0.6 is 0 Å². The van der Waals surface area contributed by atoms with E-state index in [-0.39, 0.29) is 5.82 Å². The summed E-state index contributed by atoms with van der Waals surface area (Å²) >= 11 is 0. The van der Waals surface area contributed by atoms with Gasteiger partial charge in [0.15, 0.2) is 0 Å². The molecule has 0 unspecified atom stereocenters. The molecule has 1 aromatic rings. The van der Waals surface area contributed by atoms with Crippen molar-refractivity contribution in [3.05, 3.63) is 24.0 Å². The van der Waals surface area contributed by atoms with E-state index in [2.05, 4.69) is 12.2 Å². The molecular weight excluding hydrogens is 227 g/mol. The zero-order chi connectivity index (χ0) is 13.0. The van der Waals surface area contributed by atoms with E-state index in [1.807, 2.05) is 0 Å². The van der Waals surface area contributed by atoms with E-state index >= 15 is 0 Å². The van der Waals surface area contributed by atoms with Gasteiger partial charge in [0, 0.05) is 17.4 Å². The number of benzene rings is 1. The quantitative estimate of drug-likeness (QED) is 0.787. The molecule has 2 rings (SSSR count). The van der Waals surface area contributed by atoms with Crippen LogP contribution in [-0.4, -0.2) is 6.04 Å². The number of hydrogen-bond acceptors (Lipinski definition) is 2. The summed E-state index contributed by atoms with van der Waals surface area (Å²) < 4.78 is 13.2. The minimum atomic E-state index is -0.267. The molecule has 3 heteroatoms. The Hall–Kier alpha value is -1.25. The van der Waals surface area contributed by atoms with E-state index in [9.17, 15) is 4.39 Å². The normalized spacial score (nSPS) is 23.9. The molecule has 3 N–H and O–H groups in total. The Balaban J connectivity index is 1.87. The van der Waals surface area contributed by atoms with Crippen LogP contribution in [0.1, 0.15) is 45.4 Å². The molecule has 1 aliphatic rings. The van der Waals surface area contributed by atoms with Crippen molar-refractivity contribution in [2.24, 2.45) is 5.92 Å². The predicted molar refractivity (Wildman–Crippen MR) is 75.1 cm³/mol. The number of halogens is 1. The van der Waals surface area contributed by atoms with E-state index in [0.29, 0.717) is 11.7 Å². The lowest BCUT2D eigenvalue weighted by Crippen LogP contribution is -2.26. The van der Waals surface area contributed by atoms with E-state index < -0.39 is 0 Å². The summed E-state index contributed by atoms with van der Waals surface area (Å²) in [5.41, 5.74) is 6.94. The fraction of sp³-hybridized carbons (Fsp3) is 0.600. The fourth-order valence-electron chi connectivity index (χ4n) is 2.94. The molecule has 1 fully saturated rings. The van der Waals surface area contributed by atoms with Crippen LogP contribution < -0.4 is 11.1 Å². The Labute approximate surface area is 109 Å². The molecule has 0 radical (unpaired) electrons. The maximum absolute atomic E-state index is 13.2. The predicted octanol–water partition coefficient (Wildman–Crippen LogP) is 4.18. The lowest BCUT2D eigenvalue weighted by Gasteiger charge is -2.29. The zero-order valence-corrected chi connectivity index (χ0v) is 11.1. The minimum Gasteiger partial charge on any atom is -0.399 e. The van der Waals surface area contributed by atoms with Crippen molar-refractivity contribution < 1.29 is 4.39 Å². The van der Waals surface area contributed by atoms with Crippen molar-refractivity contribution in [2.45, 2.75) is 51.5 Å². The summed E-state index contributed by atoms with van der Waals surface area (Å²) in [5, 5.41) is 3.41. The first-order chi connectivity index (χ1) is 8.67. The van der Waals surface area contributed by atoms with Crippen LogP contribution in [0.25, 0.3) is 0 Å². The smallest absolute Gasteiger partial charge is 0.127 e. The number of nitrogens with two attached hydrogens (primary N) is 1. The van der Waals surface area contributed by atoms with Crippen LogP contribution in [0, 0.1) is 11.7 Å². The molecule has 18 heavy (non-hydrogen) atoms. The highest BCUT2D eigenvalue weighted by atomic mass is 19.1. The monoisotopic (exact) mass is 250 g/mol. The molecule has 0 bridgehead atoms. The summed E-state index contributed by atoms with van der Waals surface area (Å²) in [6.45, 7) is 2.25. The Bertz CT molecular complexity index is 364. The molecule has 0 spiro atoms. The standard InChI is InChI=1S/C15H23FN2/c1-2-3-11-4-6-14(7-5-11)18-15-9-12(16)8-13(17)10-15/h8-11,14,18H,2-7,17H2,1H3. The lowest BCUT2D eigenvalue weighted by molar-refractivity contribution is 0.319. The maximum atomic E-state index is 13.2. The van der Waals surface area contributed by atoms with Gasteiger partial charge in [-0.3, -0.25) is 0 Å². The lowest BCUT2D eigenvalue weighted by atomic mass is 9.83. The van der Waals surface area contributed by atoms with Gasteiger partial charge >= 0.3 is 0 Å². The maximum Gasteiger partial charge on any atom is 0.127 e. The van der Waals surface area contributed by atoms with Gasteiger partial charge < -0.3 is 11.1 Å². The second kappa shape index (κ2) is 6.07. The topological polar surface area (TPSA) is 38.0 Å². The van der Waals surface area contributed by atoms with Gasteiger partial charge in [0.25, 0.3) is 0 Å². The van der Waals surface area contributed by atoms with Crippen LogP contribution in [0.15, 0.2) is 18.2 Å². The molecule has 1 saturated carbocycles. The van der Waals surface area contributed by atoms with E-state index in [1.165, 1.54) is 50.7 Å². The van der Waals surface area contributed by atoms with Crippen LogP contribution in [-0.2, 0) is 0 Å². The van der Waals surface area contributed by atoms with Crippen molar-refractivity contribution in [2.75, 3.05) is 11.1 Å². The molecule has 0 aliphatic heterocycles. The van der Waals surface area contributed by atoms with Gasteiger partial charge in [0.1, 0.15) is 5.82 Å². The van der Waals surface area contributed by atoms with Crippen LogP contribution in [0.2, 0.25) is 0 Å². The summed E-state index contributed by atoms with van der Waals surface area (Å²) in [4.78, 5) is 0. The van der Waals surface area contributed by atoms with Crippen molar-refractivity contribution in [1.29, 1.82) is 0 Å². The largest absolute Gasteiger partial charge is 0.399 e. The third kappa shape index (κ3) is 3.62. The Kier molecular flexibility index (Phi) is 4.45. The summed E-state index contributed by atoms with van der Waals surface area (Å²) in [5.74, 6) is 0.628. The molecule has 0 amide bonds. The Morgan fingerprint density at radius 2 is 1.94 bits per heavy atom. The van der Waals surface area contributed by atoms with Gasteiger partial charge in [0.05, 0.1) is 0 Å². The molecule has 0 saturated heterocycles. The third-order valence-electron chi connectivity index (χ3n) is 3.83. The number of nitrogens with one attached hydrogen (secondary N) is 1. The second-order valence-electron chi connectivity index (χ2n) is 5.42. The number of nitrogen functional groups attached to an aromatic ring is 1. The van der Waals surface area contributed by atoms with Gasteiger partial charge in [0.2, 0.25) is 0 Å². The molecule has 0 heterocycles. The summed E-state index contributed by atoms with van der Waals surface area (Å²) in [6.07, 6.45) is 7.57. The molecule has 2 nitrogen and oxygen atoms in total. The third-order valence-corrected chi connectivity index (χ3v) is 3.83. The van der Waals surface area contributed by atoms with E-state index in [1.54, 1.807) is 6.07 Å².